The maximum absolute atomic E-state index is 12.8. The molecule has 0 amide bonds. The SMILES string of the molecule is COCCn1cnnc1SCC(=O)c1ccc(C(C)C)cc1C(C)C. The Morgan fingerprint density at radius 1 is 1.24 bits per heavy atom. The van der Waals surface area contributed by atoms with E-state index in [1.165, 1.54) is 17.3 Å². The van der Waals surface area contributed by atoms with Crippen LogP contribution in [-0.2, 0) is 11.3 Å². The summed E-state index contributed by atoms with van der Waals surface area (Å²) in [6, 6.07) is 6.22. The van der Waals surface area contributed by atoms with Crippen molar-refractivity contribution < 1.29 is 9.53 Å². The first-order valence-electron chi connectivity index (χ1n) is 8.60. The second-order valence-electron chi connectivity index (χ2n) is 6.67. The monoisotopic (exact) mass is 361 g/mol. The van der Waals surface area contributed by atoms with Gasteiger partial charge in [0, 0.05) is 19.2 Å². The van der Waals surface area contributed by atoms with Crippen molar-refractivity contribution in [2.45, 2.75) is 51.2 Å². The van der Waals surface area contributed by atoms with Crippen LogP contribution in [0.25, 0.3) is 0 Å². The molecule has 6 heteroatoms. The van der Waals surface area contributed by atoms with Crippen molar-refractivity contribution in [2.75, 3.05) is 19.5 Å². The second kappa shape index (κ2) is 9.15. The summed E-state index contributed by atoms with van der Waals surface area (Å²) in [6.45, 7) is 9.87. The first kappa shape index (κ1) is 19.7. The van der Waals surface area contributed by atoms with Gasteiger partial charge in [0.1, 0.15) is 6.33 Å². The van der Waals surface area contributed by atoms with Crippen molar-refractivity contribution in [1.29, 1.82) is 0 Å². The number of nitrogens with zero attached hydrogens (tertiary/aromatic N) is 3. The van der Waals surface area contributed by atoms with Crippen LogP contribution in [0.1, 0.15) is 61.0 Å². The maximum atomic E-state index is 12.8. The molecular formula is C19H27N3O2S. The summed E-state index contributed by atoms with van der Waals surface area (Å²) >= 11 is 1.42. The van der Waals surface area contributed by atoms with Gasteiger partial charge in [-0.3, -0.25) is 4.79 Å². The fraction of sp³-hybridized carbons (Fsp3) is 0.526. The van der Waals surface area contributed by atoms with E-state index in [4.69, 9.17) is 4.74 Å². The Kier molecular flexibility index (Phi) is 7.20. The van der Waals surface area contributed by atoms with E-state index in [0.29, 0.717) is 30.7 Å². The highest BCUT2D eigenvalue weighted by atomic mass is 32.2. The quantitative estimate of drug-likeness (QED) is 0.496. The van der Waals surface area contributed by atoms with Crippen LogP contribution < -0.4 is 0 Å². The van der Waals surface area contributed by atoms with E-state index in [1.807, 2.05) is 10.6 Å². The highest BCUT2D eigenvalue weighted by Gasteiger charge is 2.17. The Hall–Kier alpha value is -1.66. The van der Waals surface area contributed by atoms with Gasteiger partial charge in [-0.1, -0.05) is 57.7 Å². The van der Waals surface area contributed by atoms with Gasteiger partial charge in [-0.25, -0.2) is 0 Å². The van der Waals surface area contributed by atoms with Gasteiger partial charge in [-0.15, -0.1) is 10.2 Å². The van der Waals surface area contributed by atoms with Crippen molar-refractivity contribution in [2.24, 2.45) is 0 Å². The molecule has 1 heterocycles. The molecule has 0 unspecified atom stereocenters. The Bertz CT molecular complexity index is 710. The number of rotatable bonds is 9. The molecule has 2 aromatic rings. The van der Waals surface area contributed by atoms with E-state index in [9.17, 15) is 4.79 Å². The van der Waals surface area contributed by atoms with E-state index in [2.05, 4.69) is 50.0 Å². The van der Waals surface area contributed by atoms with Gasteiger partial charge in [0.05, 0.1) is 12.4 Å². The topological polar surface area (TPSA) is 57.0 Å². The summed E-state index contributed by atoms with van der Waals surface area (Å²) in [4.78, 5) is 12.8. The highest BCUT2D eigenvalue weighted by molar-refractivity contribution is 7.99. The minimum Gasteiger partial charge on any atom is -0.383 e. The number of ether oxygens (including phenoxy) is 1. The molecule has 0 aliphatic carbocycles. The average molecular weight is 362 g/mol. The van der Waals surface area contributed by atoms with Crippen LogP contribution in [0, 0.1) is 0 Å². The predicted octanol–water partition coefficient (Wildman–Crippen LogP) is 4.15. The molecule has 0 bridgehead atoms. The summed E-state index contributed by atoms with van der Waals surface area (Å²) in [5.41, 5.74) is 3.21. The van der Waals surface area contributed by atoms with Crippen LogP contribution in [-0.4, -0.2) is 40.0 Å². The lowest BCUT2D eigenvalue weighted by Crippen LogP contribution is -2.10. The number of thioether (sulfide) groups is 1. The summed E-state index contributed by atoms with van der Waals surface area (Å²) in [5.74, 6) is 1.25. The van der Waals surface area contributed by atoms with Crippen molar-refractivity contribution in [3.05, 3.63) is 41.2 Å². The number of carbonyl (C=O) groups is 1. The third-order valence-corrected chi connectivity index (χ3v) is 5.09. The molecule has 1 aromatic carbocycles. The smallest absolute Gasteiger partial charge is 0.191 e. The Morgan fingerprint density at radius 3 is 2.64 bits per heavy atom. The zero-order valence-corrected chi connectivity index (χ0v) is 16.5. The molecule has 0 fully saturated rings. The van der Waals surface area contributed by atoms with E-state index in [-0.39, 0.29) is 5.78 Å². The molecule has 0 saturated heterocycles. The zero-order valence-electron chi connectivity index (χ0n) is 15.7. The molecule has 0 aliphatic heterocycles. The molecular weight excluding hydrogens is 334 g/mol. The molecule has 0 aliphatic rings. The van der Waals surface area contributed by atoms with E-state index < -0.39 is 0 Å². The van der Waals surface area contributed by atoms with Gasteiger partial charge < -0.3 is 9.30 Å². The molecule has 0 spiro atoms. The van der Waals surface area contributed by atoms with Gasteiger partial charge >= 0.3 is 0 Å². The van der Waals surface area contributed by atoms with Crippen LogP contribution in [0.4, 0.5) is 0 Å². The molecule has 1 aromatic heterocycles. The fourth-order valence-corrected chi connectivity index (χ4v) is 3.40. The van der Waals surface area contributed by atoms with Gasteiger partial charge in [0.25, 0.3) is 0 Å². The van der Waals surface area contributed by atoms with E-state index >= 15 is 0 Å². The normalized spacial score (nSPS) is 11.5. The van der Waals surface area contributed by atoms with Crippen molar-refractivity contribution in [3.63, 3.8) is 0 Å². The first-order valence-corrected chi connectivity index (χ1v) is 9.59. The Labute approximate surface area is 154 Å². The van der Waals surface area contributed by atoms with Crippen molar-refractivity contribution in [1.82, 2.24) is 14.8 Å². The second-order valence-corrected chi connectivity index (χ2v) is 7.61. The number of ketones is 1. The number of Topliss-reactive ketones (excluding diaryl/α,β-unsaturated/α-hetero) is 1. The number of aromatic nitrogens is 3. The van der Waals surface area contributed by atoms with Crippen LogP contribution >= 0.6 is 11.8 Å². The largest absolute Gasteiger partial charge is 0.383 e. The molecule has 0 saturated carbocycles. The molecule has 0 atom stereocenters. The number of methoxy groups -OCH3 is 1. The van der Waals surface area contributed by atoms with Crippen LogP contribution in [0.3, 0.4) is 0 Å². The predicted molar refractivity (Wildman–Crippen MR) is 102 cm³/mol. The summed E-state index contributed by atoms with van der Waals surface area (Å²) in [6.07, 6.45) is 1.67. The molecule has 0 N–H and O–H groups in total. The third kappa shape index (κ3) is 5.16. The van der Waals surface area contributed by atoms with E-state index in [1.54, 1.807) is 13.4 Å². The van der Waals surface area contributed by atoms with Gasteiger partial charge in [-0.05, 0) is 23.0 Å². The number of benzene rings is 1. The number of carbonyl (C=O) groups excluding carboxylic acids is 1. The standard InChI is InChI=1S/C19H27N3O2S/c1-13(2)15-6-7-16(17(10-15)14(3)4)18(23)11-25-19-21-20-12-22(19)8-9-24-5/h6-7,10,12-14H,8-9,11H2,1-5H3. The van der Waals surface area contributed by atoms with Crippen LogP contribution in [0.5, 0.6) is 0 Å². The fourth-order valence-electron chi connectivity index (χ4n) is 2.58. The van der Waals surface area contributed by atoms with Crippen molar-refractivity contribution in [3.8, 4) is 0 Å². The molecule has 5 nitrogen and oxygen atoms in total. The molecule has 2 rings (SSSR count). The Balaban J connectivity index is 2.12. The van der Waals surface area contributed by atoms with Gasteiger partial charge in [-0.2, -0.15) is 0 Å². The van der Waals surface area contributed by atoms with Crippen LogP contribution in [0.2, 0.25) is 0 Å². The number of hydrogen-bond donors (Lipinski definition) is 0. The zero-order chi connectivity index (χ0) is 18.4. The average Bonchev–Trinajstić information content (AvgIpc) is 3.04. The van der Waals surface area contributed by atoms with Crippen molar-refractivity contribution >= 4 is 17.5 Å². The van der Waals surface area contributed by atoms with E-state index in [0.717, 1.165) is 16.3 Å². The lowest BCUT2D eigenvalue weighted by atomic mass is 9.90. The molecule has 136 valence electrons. The third-order valence-electron chi connectivity index (χ3n) is 4.11. The lowest BCUT2D eigenvalue weighted by Gasteiger charge is -2.15. The summed E-state index contributed by atoms with van der Waals surface area (Å²) in [5, 5.41) is 8.77. The molecule has 0 radical (unpaired) electrons. The van der Waals surface area contributed by atoms with Gasteiger partial charge in [0.15, 0.2) is 10.9 Å². The minimum atomic E-state index is 0.130. The highest BCUT2D eigenvalue weighted by Crippen LogP contribution is 2.27. The van der Waals surface area contributed by atoms with Crippen LogP contribution in [0.15, 0.2) is 29.7 Å². The minimum absolute atomic E-state index is 0.130. The first-order chi connectivity index (χ1) is 11.9. The summed E-state index contributed by atoms with van der Waals surface area (Å²) < 4.78 is 6.99. The molecule has 25 heavy (non-hydrogen) atoms. The Morgan fingerprint density at radius 2 is 2.00 bits per heavy atom. The van der Waals surface area contributed by atoms with Gasteiger partial charge in [0.2, 0.25) is 0 Å². The maximum Gasteiger partial charge on any atom is 0.191 e. The summed E-state index contributed by atoms with van der Waals surface area (Å²) in [7, 11) is 1.66. The lowest BCUT2D eigenvalue weighted by molar-refractivity contribution is 0.102. The number of hydrogen-bond acceptors (Lipinski definition) is 5.